The predicted octanol–water partition coefficient (Wildman–Crippen LogP) is 13.6. The molecule has 0 spiro atoms. The first-order valence-electron chi connectivity index (χ1n) is 18.0. The van der Waals surface area contributed by atoms with E-state index in [0.717, 1.165) is 66.3 Å². The first-order chi connectivity index (χ1) is 26.7. The highest BCUT2D eigenvalue weighted by Gasteiger charge is 2.17. The topological polar surface area (TPSA) is 51.8 Å². The maximum Gasteiger partial charge on any atom is 0.164 e. The van der Waals surface area contributed by atoms with E-state index in [1.165, 1.54) is 25.6 Å². The third-order valence-corrected chi connectivity index (χ3v) is 11.4. The van der Waals surface area contributed by atoms with E-state index in [2.05, 4.69) is 164 Å². The van der Waals surface area contributed by atoms with Crippen molar-refractivity contribution in [1.82, 2.24) is 15.0 Å². The summed E-state index contributed by atoms with van der Waals surface area (Å²) in [6.07, 6.45) is 0. The minimum atomic E-state index is 0.623. The van der Waals surface area contributed by atoms with Gasteiger partial charge in [-0.1, -0.05) is 133 Å². The molecule has 11 rings (SSSR count). The highest BCUT2D eigenvalue weighted by molar-refractivity contribution is 7.25. The van der Waals surface area contributed by atoms with Gasteiger partial charge < -0.3 is 4.42 Å². The highest BCUT2D eigenvalue weighted by atomic mass is 32.1. The highest BCUT2D eigenvalue weighted by Crippen LogP contribution is 2.40. The molecular formula is C49H29N3OS. The molecule has 0 unspecified atom stereocenters. The second-order valence-corrected chi connectivity index (χ2v) is 14.7. The van der Waals surface area contributed by atoms with E-state index in [4.69, 9.17) is 19.4 Å². The number of furan rings is 1. The SMILES string of the molecule is c1ccc(-c2ccc3c(c2)oc2cccc(-c4cccc(-c5nc(-c6ccc7ccccc7c6)nc(-c6ccc7c(c6)sc6ccccc67)n5)c4)c23)cc1. The lowest BCUT2D eigenvalue weighted by Gasteiger charge is -2.11. The van der Waals surface area contributed by atoms with Crippen molar-refractivity contribution in [3.63, 3.8) is 0 Å². The Morgan fingerprint density at radius 2 is 0.981 bits per heavy atom. The molecule has 0 atom stereocenters. The van der Waals surface area contributed by atoms with E-state index < -0.39 is 0 Å². The van der Waals surface area contributed by atoms with E-state index in [0.29, 0.717) is 17.5 Å². The Morgan fingerprint density at radius 1 is 0.352 bits per heavy atom. The summed E-state index contributed by atoms with van der Waals surface area (Å²) in [4.78, 5) is 15.4. The van der Waals surface area contributed by atoms with Crippen LogP contribution >= 0.6 is 11.3 Å². The average Bonchev–Trinajstić information content (AvgIpc) is 3.81. The number of benzene rings is 8. The molecular weight excluding hydrogens is 679 g/mol. The van der Waals surface area contributed by atoms with Crippen molar-refractivity contribution in [3.05, 3.63) is 176 Å². The monoisotopic (exact) mass is 707 g/mol. The van der Waals surface area contributed by atoms with Gasteiger partial charge >= 0.3 is 0 Å². The molecule has 11 aromatic rings. The largest absolute Gasteiger partial charge is 0.456 e. The van der Waals surface area contributed by atoms with Crippen LogP contribution < -0.4 is 0 Å². The molecule has 5 heteroatoms. The maximum absolute atomic E-state index is 6.47. The van der Waals surface area contributed by atoms with Gasteiger partial charge in [0.1, 0.15) is 11.2 Å². The molecule has 3 heterocycles. The molecule has 0 radical (unpaired) electrons. The van der Waals surface area contributed by atoms with Crippen molar-refractivity contribution in [2.45, 2.75) is 0 Å². The zero-order valence-electron chi connectivity index (χ0n) is 28.9. The summed E-state index contributed by atoms with van der Waals surface area (Å²) in [6.45, 7) is 0. The molecule has 0 aliphatic heterocycles. The average molecular weight is 708 g/mol. The number of hydrogen-bond acceptors (Lipinski definition) is 5. The van der Waals surface area contributed by atoms with Crippen molar-refractivity contribution >= 4 is 64.2 Å². The number of aromatic nitrogens is 3. The summed E-state index contributed by atoms with van der Waals surface area (Å²) in [7, 11) is 0. The smallest absolute Gasteiger partial charge is 0.164 e. The summed E-state index contributed by atoms with van der Waals surface area (Å²) < 4.78 is 8.95. The van der Waals surface area contributed by atoms with Gasteiger partial charge in [-0.3, -0.25) is 0 Å². The van der Waals surface area contributed by atoms with Crippen molar-refractivity contribution in [2.24, 2.45) is 0 Å². The Bertz CT molecular complexity index is 3230. The van der Waals surface area contributed by atoms with E-state index >= 15 is 0 Å². The molecule has 0 saturated heterocycles. The molecule has 0 saturated carbocycles. The van der Waals surface area contributed by atoms with Crippen LogP contribution in [0.2, 0.25) is 0 Å². The summed E-state index contributed by atoms with van der Waals surface area (Å²) in [5.74, 6) is 1.91. The Hall–Kier alpha value is -6.95. The number of fused-ring (bicyclic) bond motifs is 7. The van der Waals surface area contributed by atoms with Crippen LogP contribution in [-0.2, 0) is 0 Å². The molecule has 0 amide bonds. The molecule has 0 aliphatic carbocycles. The lowest BCUT2D eigenvalue weighted by molar-refractivity contribution is 0.669. The number of nitrogens with zero attached hydrogens (tertiary/aromatic N) is 3. The number of rotatable bonds is 5. The van der Waals surface area contributed by atoms with Gasteiger partial charge in [-0.25, -0.2) is 15.0 Å². The second kappa shape index (κ2) is 12.3. The quantitative estimate of drug-likeness (QED) is 0.179. The van der Waals surface area contributed by atoms with E-state index in [-0.39, 0.29) is 0 Å². The van der Waals surface area contributed by atoms with Crippen LogP contribution in [0, 0.1) is 0 Å². The van der Waals surface area contributed by atoms with Gasteiger partial charge in [-0.15, -0.1) is 11.3 Å². The fourth-order valence-electron chi connectivity index (χ4n) is 7.66. The van der Waals surface area contributed by atoms with Gasteiger partial charge in [0, 0.05) is 47.6 Å². The Labute approximate surface area is 314 Å². The van der Waals surface area contributed by atoms with Crippen LogP contribution in [0.1, 0.15) is 0 Å². The first kappa shape index (κ1) is 30.7. The van der Waals surface area contributed by atoms with Gasteiger partial charge in [-0.2, -0.15) is 0 Å². The molecule has 0 fully saturated rings. The van der Waals surface area contributed by atoms with Crippen LogP contribution in [0.3, 0.4) is 0 Å². The first-order valence-corrected chi connectivity index (χ1v) is 18.8. The molecule has 0 N–H and O–H groups in total. The Balaban J connectivity index is 1.06. The molecule has 0 bridgehead atoms. The van der Waals surface area contributed by atoms with Crippen molar-refractivity contribution < 1.29 is 4.42 Å². The molecule has 0 aliphatic rings. The van der Waals surface area contributed by atoms with Crippen molar-refractivity contribution in [3.8, 4) is 56.4 Å². The zero-order chi connectivity index (χ0) is 35.6. The van der Waals surface area contributed by atoms with Crippen molar-refractivity contribution in [2.75, 3.05) is 0 Å². The van der Waals surface area contributed by atoms with E-state index in [9.17, 15) is 0 Å². The van der Waals surface area contributed by atoms with Gasteiger partial charge in [0.15, 0.2) is 17.5 Å². The maximum atomic E-state index is 6.47. The minimum Gasteiger partial charge on any atom is -0.456 e. The lowest BCUT2D eigenvalue weighted by Crippen LogP contribution is -2.00. The second-order valence-electron chi connectivity index (χ2n) is 13.6. The third-order valence-electron chi connectivity index (χ3n) is 10.3. The molecule has 54 heavy (non-hydrogen) atoms. The van der Waals surface area contributed by atoms with Gasteiger partial charge in [-0.05, 0) is 75.5 Å². The third kappa shape index (κ3) is 5.17. The normalized spacial score (nSPS) is 11.7. The summed E-state index contributed by atoms with van der Waals surface area (Å²) in [6, 6.07) is 61.6. The summed E-state index contributed by atoms with van der Waals surface area (Å²) in [5, 5.41) is 7.01. The predicted molar refractivity (Wildman–Crippen MR) is 225 cm³/mol. The van der Waals surface area contributed by atoms with E-state index in [1.807, 2.05) is 12.1 Å². The molecule has 252 valence electrons. The molecule has 4 nitrogen and oxygen atoms in total. The van der Waals surface area contributed by atoms with Crippen molar-refractivity contribution in [1.29, 1.82) is 0 Å². The standard InChI is InChI=1S/C49H29N3OS/c1-2-10-30(11-3-1)33-22-25-41-43(28-33)53-42-18-9-17-38(46(41)42)34-14-8-15-35(27-34)47-50-48(36-21-20-31-12-4-5-13-32(31)26-36)52-49(51-47)37-23-24-40-39-16-6-7-19-44(39)54-45(40)29-37/h1-29H. The summed E-state index contributed by atoms with van der Waals surface area (Å²) in [5.41, 5.74) is 9.00. The fourth-order valence-corrected chi connectivity index (χ4v) is 8.80. The van der Waals surface area contributed by atoms with Crippen LogP contribution in [-0.4, -0.2) is 15.0 Å². The molecule has 8 aromatic carbocycles. The van der Waals surface area contributed by atoms with Crippen LogP contribution in [0.5, 0.6) is 0 Å². The Morgan fingerprint density at radius 3 is 1.85 bits per heavy atom. The van der Waals surface area contributed by atoms with E-state index in [1.54, 1.807) is 11.3 Å². The summed E-state index contributed by atoms with van der Waals surface area (Å²) >= 11 is 1.80. The Kier molecular flexibility index (Phi) is 7.00. The van der Waals surface area contributed by atoms with Crippen LogP contribution in [0.15, 0.2) is 180 Å². The van der Waals surface area contributed by atoms with Gasteiger partial charge in [0.2, 0.25) is 0 Å². The number of thiophene rings is 1. The molecule has 3 aromatic heterocycles. The van der Waals surface area contributed by atoms with Gasteiger partial charge in [0.05, 0.1) is 0 Å². The number of hydrogen-bond donors (Lipinski definition) is 0. The van der Waals surface area contributed by atoms with Gasteiger partial charge in [0.25, 0.3) is 0 Å². The van der Waals surface area contributed by atoms with Crippen LogP contribution in [0.4, 0.5) is 0 Å². The lowest BCUT2D eigenvalue weighted by atomic mass is 9.97. The fraction of sp³-hybridized carbons (Fsp3) is 0. The minimum absolute atomic E-state index is 0.623. The zero-order valence-corrected chi connectivity index (χ0v) is 29.7. The van der Waals surface area contributed by atoms with Crippen LogP contribution in [0.25, 0.3) is 109 Å².